The molecule has 3 aliphatic rings. The Morgan fingerprint density at radius 2 is 1.04 bits per heavy atom. The molecule has 0 N–H and O–H groups in total. The number of rotatable bonds is 3. The van der Waals surface area contributed by atoms with Crippen molar-refractivity contribution in [2.75, 3.05) is 0 Å². The van der Waals surface area contributed by atoms with Crippen LogP contribution in [0.4, 0.5) is 0 Å². The first kappa shape index (κ1) is 33.8. The molecular formula is C53H43NS2. The summed E-state index contributed by atoms with van der Waals surface area (Å²) < 4.78 is 2.54. The summed E-state index contributed by atoms with van der Waals surface area (Å²) in [5.74, 6) is 0. The van der Waals surface area contributed by atoms with Crippen molar-refractivity contribution in [3.05, 3.63) is 229 Å². The number of allylic oxidation sites excluding steroid dienone is 5. The summed E-state index contributed by atoms with van der Waals surface area (Å²) >= 11 is 3.92. The predicted molar refractivity (Wildman–Crippen MR) is 238 cm³/mol. The number of hydrogen-bond donors (Lipinski definition) is 0. The molecule has 1 nitrogen and oxygen atoms in total. The van der Waals surface area contributed by atoms with Crippen molar-refractivity contribution in [3.8, 4) is 5.00 Å². The van der Waals surface area contributed by atoms with Crippen molar-refractivity contribution >= 4 is 44.5 Å². The summed E-state index contributed by atoms with van der Waals surface area (Å²) in [5.41, 5.74) is 14.9. The monoisotopic (exact) mass is 757 g/mol. The normalized spacial score (nSPS) is 19.6. The SMILES string of the molecule is C=C/C=C\C1=C(C)C(C)(C)c2ccccc2C12c1cc(-n3c4ccccc4c4ccccc43)sc1C1(c3ccccc3C(C)(C)c3ccccc31)c1ccsc12. The molecule has 0 amide bonds. The molecule has 0 bridgehead atoms. The fourth-order valence-corrected chi connectivity index (χ4v) is 13.8. The van der Waals surface area contributed by atoms with Crippen molar-refractivity contribution in [3.63, 3.8) is 0 Å². The Morgan fingerprint density at radius 3 is 1.61 bits per heavy atom. The smallest absolute Gasteiger partial charge is 0.101 e. The van der Waals surface area contributed by atoms with E-state index in [4.69, 9.17) is 0 Å². The van der Waals surface area contributed by atoms with Crippen LogP contribution in [0, 0.1) is 0 Å². The minimum absolute atomic E-state index is 0.171. The van der Waals surface area contributed by atoms with Crippen LogP contribution in [0.1, 0.15) is 88.9 Å². The molecule has 3 aliphatic carbocycles. The number of para-hydroxylation sites is 2. The summed E-state index contributed by atoms with van der Waals surface area (Å²) in [7, 11) is 0. The van der Waals surface area contributed by atoms with Crippen molar-refractivity contribution in [2.24, 2.45) is 0 Å². The highest BCUT2D eigenvalue weighted by molar-refractivity contribution is 7.15. The lowest BCUT2D eigenvalue weighted by Crippen LogP contribution is -2.50. The van der Waals surface area contributed by atoms with Crippen LogP contribution in [-0.4, -0.2) is 4.57 Å². The Balaban J connectivity index is 1.39. The Morgan fingerprint density at radius 1 is 0.536 bits per heavy atom. The molecule has 11 rings (SSSR count). The summed E-state index contributed by atoms with van der Waals surface area (Å²) in [6, 6.07) is 50.9. The molecule has 3 aromatic heterocycles. The molecule has 2 spiro atoms. The molecule has 0 saturated heterocycles. The van der Waals surface area contributed by atoms with Gasteiger partial charge >= 0.3 is 0 Å². The van der Waals surface area contributed by atoms with E-state index in [1.165, 1.54) is 92.2 Å². The van der Waals surface area contributed by atoms with Gasteiger partial charge in [-0.25, -0.2) is 0 Å². The number of aromatic nitrogens is 1. The van der Waals surface area contributed by atoms with E-state index in [-0.39, 0.29) is 10.8 Å². The topological polar surface area (TPSA) is 4.93 Å². The van der Waals surface area contributed by atoms with Crippen molar-refractivity contribution < 1.29 is 0 Å². The standard InChI is InChI=1S/C53H43NS2/c1-7-8-21-36-33(2)50(3,4)37-22-11-14-25-40(37)52(36)44-32-47(54-45-28-17-9-19-34(45)35-20-10-18-29-46(35)54)56-49(44)53(43-30-31-55-48(43)52)41-26-15-12-23-38(41)51(5,6)39-24-13-16-27-42(39)53/h7-32H,1H2,2-6H3/b21-8-. The summed E-state index contributed by atoms with van der Waals surface area (Å²) in [6.07, 6.45) is 6.49. The molecule has 0 radical (unpaired) electrons. The van der Waals surface area contributed by atoms with Crippen LogP contribution in [0.2, 0.25) is 0 Å². The first-order valence-electron chi connectivity index (χ1n) is 19.7. The fourth-order valence-electron chi connectivity index (χ4n) is 11.1. The highest BCUT2D eigenvalue weighted by atomic mass is 32.1. The summed E-state index contributed by atoms with van der Waals surface area (Å²) in [4.78, 5) is 2.81. The molecular weight excluding hydrogens is 715 g/mol. The molecule has 0 saturated carbocycles. The maximum Gasteiger partial charge on any atom is 0.101 e. The number of fused-ring (bicyclic) bond motifs is 15. The van der Waals surface area contributed by atoms with Gasteiger partial charge in [-0.2, -0.15) is 0 Å². The Kier molecular flexibility index (Phi) is 6.97. The quantitative estimate of drug-likeness (QED) is 0.158. The average molecular weight is 758 g/mol. The molecule has 3 heteroatoms. The van der Waals surface area contributed by atoms with Gasteiger partial charge in [0, 0.05) is 31.4 Å². The summed E-state index contributed by atoms with van der Waals surface area (Å²) in [5, 5.41) is 6.18. The summed E-state index contributed by atoms with van der Waals surface area (Å²) in [6.45, 7) is 16.2. The lowest BCUT2D eigenvalue weighted by molar-refractivity contribution is 0.518. The third kappa shape index (κ3) is 3.90. The zero-order valence-electron chi connectivity index (χ0n) is 32.5. The lowest BCUT2D eigenvalue weighted by atomic mass is 9.48. The lowest BCUT2D eigenvalue weighted by Gasteiger charge is -2.55. The van der Waals surface area contributed by atoms with Gasteiger partial charge in [0.1, 0.15) is 5.00 Å². The van der Waals surface area contributed by atoms with E-state index >= 15 is 0 Å². The molecule has 8 aromatic rings. The van der Waals surface area contributed by atoms with Gasteiger partial charge in [0.25, 0.3) is 0 Å². The van der Waals surface area contributed by atoms with Crippen LogP contribution in [0.15, 0.2) is 175 Å². The first-order valence-corrected chi connectivity index (χ1v) is 21.4. The second kappa shape index (κ2) is 11.5. The highest BCUT2D eigenvalue weighted by Gasteiger charge is 2.61. The fraction of sp³-hybridized carbons (Fsp3) is 0.170. The largest absolute Gasteiger partial charge is 0.301 e. The Bertz CT molecular complexity index is 2920. The molecule has 272 valence electrons. The third-order valence-corrected chi connectivity index (χ3v) is 16.1. The second-order valence-electron chi connectivity index (χ2n) is 16.9. The zero-order chi connectivity index (χ0) is 38.2. The number of hydrogen-bond acceptors (Lipinski definition) is 2. The molecule has 0 aliphatic heterocycles. The zero-order valence-corrected chi connectivity index (χ0v) is 34.1. The van der Waals surface area contributed by atoms with Gasteiger partial charge in [0.15, 0.2) is 0 Å². The maximum atomic E-state index is 4.18. The first-order chi connectivity index (χ1) is 27.2. The van der Waals surface area contributed by atoms with Crippen molar-refractivity contribution in [2.45, 2.75) is 56.3 Å². The van der Waals surface area contributed by atoms with Gasteiger partial charge < -0.3 is 4.57 Å². The van der Waals surface area contributed by atoms with Gasteiger partial charge in [0.2, 0.25) is 0 Å². The minimum Gasteiger partial charge on any atom is -0.301 e. The van der Waals surface area contributed by atoms with E-state index in [1.54, 1.807) is 0 Å². The molecule has 56 heavy (non-hydrogen) atoms. The van der Waals surface area contributed by atoms with Gasteiger partial charge in [-0.3, -0.25) is 0 Å². The number of benzene rings is 5. The highest BCUT2D eigenvalue weighted by Crippen LogP contribution is 2.69. The predicted octanol–water partition coefficient (Wildman–Crippen LogP) is 13.9. The van der Waals surface area contributed by atoms with Crippen LogP contribution in [0.3, 0.4) is 0 Å². The van der Waals surface area contributed by atoms with Crippen LogP contribution in [-0.2, 0) is 21.7 Å². The maximum absolute atomic E-state index is 4.18. The second-order valence-corrected chi connectivity index (χ2v) is 18.8. The van der Waals surface area contributed by atoms with Crippen molar-refractivity contribution in [1.29, 1.82) is 0 Å². The van der Waals surface area contributed by atoms with Crippen LogP contribution < -0.4 is 0 Å². The average Bonchev–Trinajstić information content (AvgIpc) is 3.97. The van der Waals surface area contributed by atoms with Gasteiger partial charge in [0.05, 0.1) is 21.9 Å². The number of nitrogens with zero attached hydrogens (tertiary/aromatic N) is 1. The number of thiophene rings is 2. The molecule has 3 heterocycles. The van der Waals surface area contributed by atoms with E-state index < -0.39 is 10.8 Å². The molecule has 5 aromatic carbocycles. The molecule has 1 atom stereocenters. The van der Waals surface area contributed by atoms with Crippen LogP contribution in [0.5, 0.6) is 0 Å². The van der Waals surface area contributed by atoms with Gasteiger partial charge in [-0.1, -0.05) is 167 Å². The van der Waals surface area contributed by atoms with E-state index in [9.17, 15) is 0 Å². The Hall–Kier alpha value is -5.48. The van der Waals surface area contributed by atoms with Crippen molar-refractivity contribution in [1.82, 2.24) is 4.57 Å². The van der Waals surface area contributed by atoms with Crippen LogP contribution >= 0.6 is 22.7 Å². The van der Waals surface area contributed by atoms with E-state index in [0.717, 1.165) is 0 Å². The third-order valence-electron chi connectivity index (χ3n) is 13.8. The molecule has 1 unspecified atom stereocenters. The van der Waals surface area contributed by atoms with Gasteiger partial charge in [-0.05, 0) is 86.6 Å². The van der Waals surface area contributed by atoms with Crippen LogP contribution in [0.25, 0.3) is 26.8 Å². The molecule has 0 fully saturated rings. The van der Waals surface area contributed by atoms with E-state index in [2.05, 4.69) is 197 Å². The van der Waals surface area contributed by atoms with Gasteiger partial charge in [-0.15, -0.1) is 22.7 Å². The Labute approximate surface area is 337 Å². The van der Waals surface area contributed by atoms with E-state index in [1.807, 2.05) is 28.7 Å². The van der Waals surface area contributed by atoms with E-state index in [0.29, 0.717) is 0 Å². The minimum atomic E-state index is -0.551.